The molecule has 0 aromatic carbocycles. The van der Waals surface area contributed by atoms with Crippen LogP contribution in [0.2, 0.25) is 0 Å². The standard InChI is InChI=1S/C5H9O/c1-3-5(6)4-2/h4,6H,1,3H2,2H3. The lowest BCUT2D eigenvalue weighted by molar-refractivity contribution is 0.399. The van der Waals surface area contributed by atoms with Gasteiger partial charge in [-0.15, -0.1) is 0 Å². The Labute approximate surface area is 38.3 Å². The smallest absolute Gasteiger partial charge is 0.0880 e. The van der Waals surface area contributed by atoms with Gasteiger partial charge in [0.25, 0.3) is 0 Å². The molecule has 1 radical (unpaired) electrons. The predicted octanol–water partition coefficient (Wildman–Crippen LogP) is 1.67. The van der Waals surface area contributed by atoms with Crippen LogP contribution in [0, 0.1) is 6.92 Å². The highest BCUT2D eigenvalue weighted by Gasteiger charge is 1.76. The zero-order chi connectivity index (χ0) is 4.99. The van der Waals surface area contributed by atoms with Crippen LogP contribution in [-0.4, -0.2) is 5.11 Å². The van der Waals surface area contributed by atoms with E-state index in [-0.39, 0.29) is 0 Å². The zero-order valence-electron chi connectivity index (χ0n) is 3.94. The van der Waals surface area contributed by atoms with Crippen LogP contribution in [0.4, 0.5) is 0 Å². The Kier molecular flexibility index (Phi) is 2.55. The Hall–Kier alpha value is -0.460. The average molecular weight is 85.1 g/mol. The van der Waals surface area contributed by atoms with E-state index in [0.717, 1.165) is 0 Å². The number of rotatable bonds is 1. The van der Waals surface area contributed by atoms with Crippen molar-refractivity contribution in [3.8, 4) is 0 Å². The minimum Gasteiger partial charge on any atom is -0.513 e. The first-order valence-electron chi connectivity index (χ1n) is 1.94. The van der Waals surface area contributed by atoms with Crippen molar-refractivity contribution in [3.05, 3.63) is 18.8 Å². The third-order valence-corrected chi connectivity index (χ3v) is 0.589. The molecule has 0 amide bonds. The second-order valence-corrected chi connectivity index (χ2v) is 1.03. The van der Waals surface area contributed by atoms with Gasteiger partial charge in [-0.25, -0.2) is 0 Å². The quantitative estimate of drug-likeness (QED) is 0.480. The van der Waals surface area contributed by atoms with Gasteiger partial charge in [0, 0.05) is 6.42 Å². The molecule has 1 nitrogen and oxygen atoms in total. The molecule has 0 aliphatic carbocycles. The van der Waals surface area contributed by atoms with E-state index in [1.165, 1.54) is 0 Å². The maximum Gasteiger partial charge on any atom is 0.0880 e. The third-order valence-electron chi connectivity index (χ3n) is 0.589. The van der Waals surface area contributed by atoms with E-state index in [4.69, 9.17) is 5.11 Å². The fourth-order valence-electron chi connectivity index (χ4n) is 0.144. The summed E-state index contributed by atoms with van der Waals surface area (Å²) in [6, 6.07) is 0. The van der Waals surface area contributed by atoms with Gasteiger partial charge in [-0.3, -0.25) is 0 Å². The summed E-state index contributed by atoms with van der Waals surface area (Å²) in [5.74, 6) is 0.356. The van der Waals surface area contributed by atoms with Crippen LogP contribution in [0.3, 0.4) is 0 Å². The second-order valence-electron chi connectivity index (χ2n) is 1.03. The zero-order valence-corrected chi connectivity index (χ0v) is 3.94. The van der Waals surface area contributed by atoms with Crippen LogP contribution in [-0.2, 0) is 0 Å². The Morgan fingerprint density at radius 3 is 2.50 bits per heavy atom. The van der Waals surface area contributed by atoms with E-state index < -0.39 is 0 Å². The molecule has 0 aliphatic rings. The summed E-state index contributed by atoms with van der Waals surface area (Å²) >= 11 is 0. The summed E-state index contributed by atoms with van der Waals surface area (Å²) in [5.41, 5.74) is 0. The van der Waals surface area contributed by atoms with Crippen LogP contribution in [0.25, 0.3) is 0 Å². The van der Waals surface area contributed by atoms with Gasteiger partial charge in [-0.2, -0.15) is 0 Å². The first-order chi connectivity index (χ1) is 2.81. The molecule has 0 aliphatic heterocycles. The third kappa shape index (κ3) is 1.82. The maximum atomic E-state index is 8.47. The summed E-state index contributed by atoms with van der Waals surface area (Å²) in [6.07, 6.45) is 2.13. The van der Waals surface area contributed by atoms with Gasteiger partial charge in [-0.1, -0.05) is 0 Å². The van der Waals surface area contributed by atoms with Gasteiger partial charge in [0.1, 0.15) is 0 Å². The molecule has 0 unspecified atom stereocenters. The SMILES string of the molecule is [CH2]CC(O)=CC. The second kappa shape index (κ2) is 2.76. The largest absolute Gasteiger partial charge is 0.513 e. The minimum atomic E-state index is 0.356. The lowest BCUT2D eigenvalue weighted by atomic mass is 10.4. The van der Waals surface area contributed by atoms with Crippen LogP contribution >= 0.6 is 0 Å². The van der Waals surface area contributed by atoms with E-state index in [9.17, 15) is 0 Å². The van der Waals surface area contributed by atoms with Gasteiger partial charge in [-0.05, 0) is 19.9 Å². The summed E-state index contributed by atoms with van der Waals surface area (Å²) in [6.45, 7) is 5.22. The summed E-state index contributed by atoms with van der Waals surface area (Å²) in [7, 11) is 0. The Morgan fingerprint density at radius 2 is 2.50 bits per heavy atom. The maximum absolute atomic E-state index is 8.47. The fraction of sp³-hybridized carbons (Fsp3) is 0.400. The first-order valence-corrected chi connectivity index (χ1v) is 1.94. The molecule has 0 aromatic heterocycles. The normalized spacial score (nSPS) is 12.0. The molecule has 0 saturated carbocycles. The molecule has 0 spiro atoms. The Morgan fingerprint density at radius 1 is 2.00 bits per heavy atom. The van der Waals surface area contributed by atoms with Gasteiger partial charge in [0.15, 0.2) is 0 Å². The van der Waals surface area contributed by atoms with Gasteiger partial charge in [0.05, 0.1) is 5.76 Å². The van der Waals surface area contributed by atoms with E-state index in [1.54, 1.807) is 13.0 Å². The number of hydrogen-bond acceptors (Lipinski definition) is 1. The van der Waals surface area contributed by atoms with E-state index in [2.05, 4.69) is 6.92 Å². The number of hydrogen-bond donors (Lipinski definition) is 1. The van der Waals surface area contributed by atoms with Crippen molar-refractivity contribution in [2.75, 3.05) is 0 Å². The predicted molar refractivity (Wildman–Crippen MR) is 26.4 cm³/mol. The molecule has 0 atom stereocenters. The van der Waals surface area contributed by atoms with Crippen LogP contribution < -0.4 is 0 Å². The monoisotopic (exact) mass is 85.1 g/mol. The van der Waals surface area contributed by atoms with Crippen molar-refractivity contribution in [1.29, 1.82) is 0 Å². The van der Waals surface area contributed by atoms with E-state index in [0.29, 0.717) is 12.2 Å². The van der Waals surface area contributed by atoms with Crippen molar-refractivity contribution >= 4 is 0 Å². The molecule has 0 aromatic rings. The topological polar surface area (TPSA) is 20.2 Å². The Balaban J connectivity index is 3.22. The molecule has 0 heterocycles. The molecule has 0 saturated heterocycles. The van der Waals surface area contributed by atoms with Crippen LogP contribution in [0.1, 0.15) is 13.3 Å². The summed E-state index contributed by atoms with van der Waals surface area (Å²) < 4.78 is 0. The number of aliphatic hydroxyl groups excluding tert-OH is 1. The molecule has 35 valence electrons. The lowest BCUT2D eigenvalue weighted by Gasteiger charge is -1.84. The lowest BCUT2D eigenvalue weighted by Crippen LogP contribution is -1.70. The van der Waals surface area contributed by atoms with Gasteiger partial charge >= 0.3 is 0 Å². The average Bonchev–Trinajstić information content (AvgIpc) is 1.65. The molecule has 1 N–H and O–H groups in total. The molecule has 1 heteroatoms. The van der Waals surface area contributed by atoms with E-state index >= 15 is 0 Å². The van der Waals surface area contributed by atoms with Crippen molar-refractivity contribution in [3.63, 3.8) is 0 Å². The number of aliphatic hydroxyl groups is 1. The van der Waals surface area contributed by atoms with Crippen molar-refractivity contribution in [2.24, 2.45) is 0 Å². The first kappa shape index (κ1) is 5.54. The van der Waals surface area contributed by atoms with Crippen LogP contribution in [0.15, 0.2) is 11.8 Å². The molecule has 0 rings (SSSR count). The van der Waals surface area contributed by atoms with Gasteiger partial charge in [0.2, 0.25) is 0 Å². The summed E-state index contributed by atoms with van der Waals surface area (Å²) in [4.78, 5) is 0. The van der Waals surface area contributed by atoms with Crippen LogP contribution in [0.5, 0.6) is 0 Å². The van der Waals surface area contributed by atoms with Crippen molar-refractivity contribution < 1.29 is 5.11 Å². The molecular formula is C5H9O. The molecule has 0 bridgehead atoms. The highest BCUT2D eigenvalue weighted by molar-refractivity contribution is 4.87. The summed E-state index contributed by atoms with van der Waals surface area (Å²) in [5, 5.41) is 8.47. The van der Waals surface area contributed by atoms with Crippen molar-refractivity contribution in [2.45, 2.75) is 13.3 Å². The fourth-order valence-corrected chi connectivity index (χ4v) is 0.144. The highest BCUT2D eigenvalue weighted by atomic mass is 16.3. The Bertz CT molecular complexity index is 55.0. The minimum absolute atomic E-state index is 0.356. The molecule has 0 fully saturated rings. The number of allylic oxidation sites excluding steroid dienone is 2. The van der Waals surface area contributed by atoms with Crippen molar-refractivity contribution in [1.82, 2.24) is 0 Å². The molecular weight excluding hydrogens is 76.1 g/mol. The van der Waals surface area contributed by atoms with E-state index in [1.807, 2.05) is 0 Å². The van der Waals surface area contributed by atoms with Gasteiger partial charge < -0.3 is 5.11 Å². The highest BCUT2D eigenvalue weighted by Crippen LogP contribution is 1.89. The molecule has 6 heavy (non-hydrogen) atoms.